The van der Waals surface area contributed by atoms with Gasteiger partial charge in [0.15, 0.2) is 11.6 Å². The second-order valence-corrected chi connectivity index (χ2v) is 5.42. The van der Waals surface area contributed by atoms with E-state index >= 15 is 0 Å². The minimum atomic E-state index is 0.0297. The number of ketones is 2. The second-order valence-electron chi connectivity index (χ2n) is 5.42. The molecule has 1 N–H and O–H groups in total. The van der Waals surface area contributed by atoms with E-state index in [0.717, 1.165) is 11.3 Å². The standard InChI is InChI=1S/C20H22NO3/c1-2-24-19-10-8-16(9-11-19)14-18(22)15-21-13-12-20(23)17-6-4-3-5-7-17/h3-6,8-11,21H,2,12-15H2,1H3. The van der Waals surface area contributed by atoms with Gasteiger partial charge in [0.25, 0.3) is 0 Å². The number of carbonyl (C=O) groups excluding carboxylic acids is 2. The molecule has 1 radical (unpaired) electrons. The largest absolute Gasteiger partial charge is 0.494 e. The molecule has 2 aromatic carbocycles. The van der Waals surface area contributed by atoms with Gasteiger partial charge in [-0.15, -0.1) is 0 Å². The Labute approximate surface area is 142 Å². The van der Waals surface area contributed by atoms with Gasteiger partial charge in [0.1, 0.15) is 5.75 Å². The van der Waals surface area contributed by atoms with E-state index in [1.807, 2.05) is 43.3 Å². The van der Waals surface area contributed by atoms with Crippen LogP contribution in [0.15, 0.2) is 48.5 Å². The number of ether oxygens (including phenoxy) is 1. The number of hydrogen-bond acceptors (Lipinski definition) is 4. The van der Waals surface area contributed by atoms with E-state index in [-0.39, 0.29) is 18.1 Å². The summed E-state index contributed by atoms with van der Waals surface area (Å²) in [7, 11) is 0. The summed E-state index contributed by atoms with van der Waals surface area (Å²) in [5.74, 6) is 0.933. The minimum absolute atomic E-state index is 0.0297. The van der Waals surface area contributed by atoms with Crippen molar-refractivity contribution in [1.82, 2.24) is 5.32 Å². The molecule has 0 aromatic heterocycles. The van der Waals surface area contributed by atoms with Crippen LogP contribution >= 0.6 is 0 Å². The van der Waals surface area contributed by atoms with Crippen molar-refractivity contribution in [2.75, 3.05) is 19.7 Å². The highest BCUT2D eigenvalue weighted by Gasteiger charge is 2.07. The number of carbonyl (C=O) groups is 2. The van der Waals surface area contributed by atoms with Crippen LogP contribution in [0, 0.1) is 6.07 Å². The predicted molar refractivity (Wildman–Crippen MR) is 93.4 cm³/mol. The summed E-state index contributed by atoms with van der Waals surface area (Å²) < 4.78 is 5.37. The Morgan fingerprint density at radius 3 is 2.58 bits per heavy atom. The average molecular weight is 324 g/mol. The Balaban J connectivity index is 1.67. The number of hydrogen-bond donors (Lipinski definition) is 1. The molecule has 2 aromatic rings. The molecule has 0 unspecified atom stereocenters. The van der Waals surface area contributed by atoms with E-state index in [1.54, 1.807) is 12.1 Å². The molecule has 0 spiro atoms. The van der Waals surface area contributed by atoms with Gasteiger partial charge in [-0.2, -0.15) is 0 Å². The first kappa shape index (κ1) is 17.9. The SMILES string of the molecule is CCOc1ccc(CC(=O)CNCCC(=O)c2[c]cccc2)cc1. The fraction of sp³-hybridized carbons (Fsp3) is 0.300. The number of rotatable bonds is 10. The highest BCUT2D eigenvalue weighted by Crippen LogP contribution is 2.12. The van der Waals surface area contributed by atoms with Gasteiger partial charge in [-0.3, -0.25) is 9.59 Å². The zero-order valence-electron chi connectivity index (χ0n) is 13.9. The molecule has 0 amide bonds. The summed E-state index contributed by atoms with van der Waals surface area (Å²) in [5.41, 5.74) is 1.54. The van der Waals surface area contributed by atoms with Crippen LogP contribution in [-0.4, -0.2) is 31.3 Å². The first-order chi connectivity index (χ1) is 11.7. The highest BCUT2D eigenvalue weighted by atomic mass is 16.5. The van der Waals surface area contributed by atoms with Gasteiger partial charge in [0.05, 0.1) is 13.2 Å². The molecular weight excluding hydrogens is 302 g/mol. The summed E-state index contributed by atoms with van der Waals surface area (Å²) in [6.45, 7) is 3.31. The topological polar surface area (TPSA) is 55.4 Å². The average Bonchev–Trinajstić information content (AvgIpc) is 2.61. The molecule has 0 fully saturated rings. The van der Waals surface area contributed by atoms with Crippen molar-refractivity contribution in [3.8, 4) is 5.75 Å². The molecular formula is C20H22NO3. The maximum absolute atomic E-state index is 12.0. The molecule has 2 rings (SSSR count). The van der Waals surface area contributed by atoms with Gasteiger partial charge in [-0.25, -0.2) is 0 Å². The molecule has 4 heteroatoms. The molecule has 0 bridgehead atoms. The quantitative estimate of drug-likeness (QED) is 0.539. The fourth-order valence-corrected chi connectivity index (χ4v) is 2.29. The van der Waals surface area contributed by atoms with Crippen LogP contribution in [-0.2, 0) is 11.2 Å². The van der Waals surface area contributed by atoms with Crippen LogP contribution in [0.3, 0.4) is 0 Å². The predicted octanol–water partition coefficient (Wildman–Crippen LogP) is 2.86. The van der Waals surface area contributed by atoms with Crippen molar-refractivity contribution >= 4 is 11.6 Å². The number of nitrogens with one attached hydrogen (secondary N) is 1. The highest BCUT2D eigenvalue weighted by molar-refractivity contribution is 5.95. The molecule has 24 heavy (non-hydrogen) atoms. The molecule has 0 atom stereocenters. The molecule has 0 saturated carbocycles. The normalized spacial score (nSPS) is 10.4. The third-order valence-electron chi connectivity index (χ3n) is 3.50. The minimum Gasteiger partial charge on any atom is -0.494 e. The Morgan fingerprint density at radius 2 is 1.92 bits per heavy atom. The monoisotopic (exact) mass is 324 g/mol. The van der Waals surface area contributed by atoms with Crippen molar-refractivity contribution in [1.29, 1.82) is 0 Å². The van der Waals surface area contributed by atoms with Crippen molar-refractivity contribution in [3.63, 3.8) is 0 Å². The summed E-state index contributed by atoms with van der Waals surface area (Å²) >= 11 is 0. The van der Waals surface area contributed by atoms with Crippen LogP contribution in [0.1, 0.15) is 29.3 Å². The smallest absolute Gasteiger partial charge is 0.164 e. The van der Waals surface area contributed by atoms with E-state index < -0.39 is 0 Å². The van der Waals surface area contributed by atoms with E-state index in [0.29, 0.717) is 31.6 Å². The van der Waals surface area contributed by atoms with Gasteiger partial charge in [0.2, 0.25) is 0 Å². The Morgan fingerprint density at radius 1 is 1.12 bits per heavy atom. The van der Waals surface area contributed by atoms with Crippen molar-refractivity contribution in [3.05, 3.63) is 65.7 Å². The van der Waals surface area contributed by atoms with E-state index in [1.165, 1.54) is 0 Å². The summed E-state index contributed by atoms with van der Waals surface area (Å²) in [5, 5.41) is 3.03. The third-order valence-corrected chi connectivity index (χ3v) is 3.50. The maximum atomic E-state index is 12.0. The zero-order chi connectivity index (χ0) is 17.2. The van der Waals surface area contributed by atoms with Crippen molar-refractivity contribution in [2.24, 2.45) is 0 Å². The van der Waals surface area contributed by atoms with Gasteiger partial charge in [-0.1, -0.05) is 36.4 Å². The lowest BCUT2D eigenvalue weighted by Crippen LogP contribution is -2.26. The summed E-state index contributed by atoms with van der Waals surface area (Å²) in [4.78, 5) is 23.9. The van der Waals surface area contributed by atoms with Gasteiger partial charge < -0.3 is 10.1 Å². The first-order valence-electron chi connectivity index (χ1n) is 8.13. The van der Waals surface area contributed by atoms with Crippen LogP contribution in [0.2, 0.25) is 0 Å². The summed E-state index contributed by atoms with van der Waals surface area (Å²) in [6, 6.07) is 17.6. The molecule has 125 valence electrons. The molecule has 0 aliphatic heterocycles. The Kier molecular flexibility index (Phi) is 7.18. The van der Waals surface area contributed by atoms with Crippen LogP contribution < -0.4 is 10.1 Å². The third kappa shape index (κ3) is 5.97. The van der Waals surface area contributed by atoms with Crippen molar-refractivity contribution < 1.29 is 14.3 Å². The van der Waals surface area contributed by atoms with Crippen LogP contribution in [0.25, 0.3) is 0 Å². The van der Waals surface area contributed by atoms with Gasteiger partial charge >= 0.3 is 0 Å². The number of Topliss-reactive ketones (excluding diaryl/α,β-unsaturated/α-hetero) is 2. The first-order valence-corrected chi connectivity index (χ1v) is 8.13. The second kappa shape index (κ2) is 9.63. The van der Waals surface area contributed by atoms with E-state index in [4.69, 9.17) is 4.74 Å². The van der Waals surface area contributed by atoms with Gasteiger partial charge in [0, 0.05) is 24.9 Å². The molecule has 0 aliphatic rings. The molecule has 0 aliphatic carbocycles. The lowest BCUT2D eigenvalue weighted by molar-refractivity contribution is -0.117. The lowest BCUT2D eigenvalue weighted by Gasteiger charge is -2.06. The Bertz CT molecular complexity index is 650. The molecule has 4 nitrogen and oxygen atoms in total. The molecule has 0 saturated heterocycles. The van der Waals surface area contributed by atoms with E-state index in [2.05, 4.69) is 11.4 Å². The van der Waals surface area contributed by atoms with Crippen LogP contribution in [0.5, 0.6) is 5.75 Å². The lowest BCUT2D eigenvalue weighted by atomic mass is 10.1. The van der Waals surface area contributed by atoms with Crippen molar-refractivity contribution in [2.45, 2.75) is 19.8 Å². The summed E-state index contributed by atoms with van der Waals surface area (Å²) in [6.07, 6.45) is 0.733. The zero-order valence-corrected chi connectivity index (χ0v) is 13.9. The van der Waals surface area contributed by atoms with Crippen LogP contribution in [0.4, 0.5) is 0 Å². The maximum Gasteiger partial charge on any atom is 0.164 e. The fourth-order valence-electron chi connectivity index (χ4n) is 2.29. The molecule has 0 heterocycles. The number of benzene rings is 2. The van der Waals surface area contributed by atoms with E-state index in [9.17, 15) is 9.59 Å². The van der Waals surface area contributed by atoms with Gasteiger partial charge in [-0.05, 0) is 30.7 Å². The Hall–Kier alpha value is -2.46.